The number of hydrogen-bond acceptors (Lipinski definition) is 6. The Bertz CT molecular complexity index is 781. The summed E-state index contributed by atoms with van der Waals surface area (Å²) in [5, 5.41) is 14.0. The highest BCUT2D eigenvalue weighted by atomic mass is 127. The van der Waals surface area contributed by atoms with E-state index in [2.05, 4.69) is 35.7 Å². The first-order valence-corrected chi connectivity index (χ1v) is 10.5. The highest BCUT2D eigenvalue weighted by molar-refractivity contribution is 14.0. The maximum atomic E-state index is 5.58. The topological polar surface area (TPSA) is 104 Å². The van der Waals surface area contributed by atoms with Gasteiger partial charge in [-0.1, -0.05) is 19.3 Å². The molecule has 1 aliphatic carbocycles. The van der Waals surface area contributed by atoms with Crippen molar-refractivity contribution in [2.75, 3.05) is 39.9 Å². The van der Waals surface area contributed by atoms with Gasteiger partial charge in [-0.3, -0.25) is 15.0 Å². The second-order valence-electron chi connectivity index (χ2n) is 7.75. The number of aromatic nitrogens is 3. The Balaban J connectivity index is 0.00000256. The van der Waals surface area contributed by atoms with Gasteiger partial charge in [-0.25, -0.2) is 4.98 Å². The Morgan fingerprint density at radius 3 is 2.73 bits per heavy atom. The molecule has 3 N–H and O–H groups in total. The van der Waals surface area contributed by atoms with Crippen molar-refractivity contribution in [3.8, 4) is 11.6 Å². The molecular formula is C20H32IN7O2. The van der Waals surface area contributed by atoms with Crippen molar-refractivity contribution in [1.29, 1.82) is 0 Å². The van der Waals surface area contributed by atoms with Gasteiger partial charge < -0.3 is 19.8 Å². The van der Waals surface area contributed by atoms with E-state index in [-0.39, 0.29) is 29.5 Å². The van der Waals surface area contributed by atoms with Gasteiger partial charge in [-0.2, -0.15) is 0 Å². The van der Waals surface area contributed by atoms with Crippen LogP contribution in [0.2, 0.25) is 0 Å². The predicted octanol–water partition coefficient (Wildman–Crippen LogP) is 2.38. The van der Waals surface area contributed by atoms with Gasteiger partial charge in [0.15, 0.2) is 11.7 Å². The van der Waals surface area contributed by atoms with E-state index in [0.29, 0.717) is 18.1 Å². The van der Waals surface area contributed by atoms with Crippen LogP contribution in [0.15, 0.2) is 27.8 Å². The van der Waals surface area contributed by atoms with Gasteiger partial charge in [0.05, 0.1) is 26.0 Å². The number of hydrogen-bond donors (Lipinski definition) is 3. The molecule has 30 heavy (non-hydrogen) atoms. The van der Waals surface area contributed by atoms with Crippen LogP contribution < -0.4 is 10.6 Å². The smallest absolute Gasteiger partial charge is 0.216 e. The number of H-pyrrole nitrogens is 1. The Morgan fingerprint density at radius 1 is 1.23 bits per heavy atom. The van der Waals surface area contributed by atoms with Crippen LogP contribution in [0.5, 0.6) is 0 Å². The van der Waals surface area contributed by atoms with Crippen LogP contribution in [0, 0.1) is 0 Å². The summed E-state index contributed by atoms with van der Waals surface area (Å²) in [5.74, 6) is 2.72. The summed E-state index contributed by atoms with van der Waals surface area (Å²) < 4.78 is 10.9. The van der Waals surface area contributed by atoms with Gasteiger partial charge in [0.25, 0.3) is 0 Å². The fourth-order valence-electron chi connectivity index (χ4n) is 4.38. The summed E-state index contributed by atoms with van der Waals surface area (Å²) in [7, 11) is 1.80. The lowest BCUT2D eigenvalue weighted by atomic mass is 9.80. The van der Waals surface area contributed by atoms with Gasteiger partial charge in [-0.05, 0) is 25.0 Å². The van der Waals surface area contributed by atoms with E-state index in [4.69, 9.17) is 9.15 Å². The minimum absolute atomic E-state index is 0. The van der Waals surface area contributed by atoms with Gasteiger partial charge in [0, 0.05) is 32.2 Å². The zero-order valence-corrected chi connectivity index (χ0v) is 19.9. The Hall–Kier alpha value is -1.66. The highest BCUT2D eigenvalue weighted by Crippen LogP contribution is 2.33. The van der Waals surface area contributed by atoms with Crippen LogP contribution in [-0.4, -0.2) is 71.5 Å². The number of aromatic amines is 1. The number of rotatable bonds is 6. The predicted molar refractivity (Wildman–Crippen MR) is 126 cm³/mol. The van der Waals surface area contributed by atoms with Crippen LogP contribution in [0.1, 0.15) is 37.9 Å². The van der Waals surface area contributed by atoms with E-state index in [0.717, 1.165) is 44.6 Å². The largest absolute Gasteiger partial charge is 0.461 e. The molecule has 3 heterocycles. The van der Waals surface area contributed by atoms with Crippen molar-refractivity contribution in [2.45, 2.75) is 44.2 Å². The number of ether oxygens (including phenoxy) is 1. The van der Waals surface area contributed by atoms with Gasteiger partial charge in [0.1, 0.15) is 5.82 Å². The van der Waals surface area contributed by atoms with E-state index < -0.39 is 0 Å². The summed E-state index contributed by atoms with van der Waals surface area (Å²) in [4.78, 5) is 11.5. The molecule has 9 nitrogen and oxygen atoms in total. The van der Waals surface area contributed by atoms with E-state index in [1.165, 1.54) is 32.1 Å². The fourth-order valence-corrected chi connectivity index (χ4v) is 4.38. The highest BCUT2D eigenvalue weighted by Gasteiger charge is 2.38. The van der Waals surface area contributed by atoms with Crippen LogP contribution in [0.4, 0.5) is 0 Å². The molecule has 0 unspecified atom stereocenters. The molecule has 0 bridgehead atoms. The Morgan fingerprint density at radius 2 is 2.03 bits per heavy atom. The van der Waals surface area contributed by atoms with E-state index >= 15 is 0 Å². The lowest BCUT2D eigenvalue weighted by Gasteiger charge is -2.48. The van der Waals surface area contributed by atoms with Gasteiger partial charge >= 0.3 is 0 Å². The molecule has 1 aliphatic heterocycles. The average molecular weight is 529 g/mol. The molecule has 0 spiro atoms. The van der Waals surface area contributed by atoms with Gasteiger partial charge in [-0.15, -0.1) is 29.1 Å². The Labute approximate surface area is 194 Å². The van der Waals surface area contributed by atoms with Crippen molar-refractivity contribution in [2.24, 2.45) is 4.99 Å². The molecule has 0 atom stereocenters. The maximum absolute atomic E-state index is 5.58. The zero-order valence-electron chi connectivity index (χ0n) is 17.5. The first kappa shape index (κ1) is 23.0. The van der Waals surface area contributed by atoms with E-state index in [1.54, 1.807) is 13.3 Å². The normalized spacial score (nSPS) is 19.8. The van der Waals surface area contributed by atoms with Gasteiger partial charge in [0.2, 0.25) is 5.82 Å². The number of nitrogens with one attached hydrogen (secondary N) is 3. The lowest BCUT2D eigenvalue weighted by molar-refractivity contribution is -0.0352. The maximum Gasteiger partial charge on any atom is 0.216 e. The molecular weight excluding hydrogens is 497 g/mol. The third-order valence-corrected chi connectivity index (χ3v) is 5.97. The number of morpholine rings is 1. The van der Waals surface area contributed by atoms with Crippen molar-refractivity contribution >= 4 is 29.9 Å². The third kappa shape index (κ3) is 5.52. The lowest BCUT2D eigenvalue weighted by Crippen LogP contribution is -2.60. The summed E-state index contributed by atoms with van der Waals surface area (Å²) in [6.07, 6.45) is 7.99. The van der Waals surface area contributed by atoms with Crippen molar-refractivity contribution in [3.63, 3.8) is 0 Å². The monoisotopic (exact) mass is 529 g/mol. The third-order valence-electron chi connectivity index (χ3n) is 5.97. The zero-order chi connectivity index (χ0) is 19.9. The molecule has 2 aliphatic rings. The molecule has 2 fully saturated rings. The Kier molecular flexibility index (Phi) is 8.51. The first-order valence-electron chi connectivity index (χ1n) is 10.5. The number of halogens is 1. The van der Waals surface area contributed by atoms with Crippen molar-refractivity contribution < 1.29 is 9.15 Å². The van der Waals surface area contributed by atoms with Crippen LogP contribution in [0.25, 0.3) is 11.6 Å². The molecule has 0 radical (unpaired) electrons. The second-order valence-corrected chi connectivity index (χ2v) is 7.75. The summed E-state index contributed by atoms with van der Waals surface area (Å²) >= 11 is 0. The van der Waals surface area contributed by atoms with Crippen LogP contribution >= 0.6 is 24.0 Å². The standard InChI is InChI=1S/C20H31N7O2.HI/c1-21-19(22-14-17-24-18(26-25-17)16-6-5-11-29-16)23-15-20(7-3-2-4-8-20)27-9-12-28-13-10-27;/h5-6,11H,2-4,7-10,12-15H2,1H3,(H2,21,22,23)(H,24,25,26);1H. The molecule has 4 rings (SSSR count). The summed E-state index contributed by atoms with van der Waals surface area (Å²) in [6, 6.07) is 3.67. The fraction of sp³-hybridized carbons (Fsp3) is 0.650. The molecule has 10 heteroatoms. The first-order chi connectivity index (χ1) is 14.3. The number of guanidine groups is 1. The van der Waals surface area contributed by atoms with E-state index in [9.17, 15) is 0 Å². The van der Waals surface area contributed by atoms with Crippen LogP contribution in [-0.2, 0) is 11.3 Å². The number of aliphatic imine (C=N–C) groups is 1. The second kappa shape index (κ2) is 11.1. The molecule has 1 saturated heterocycles. The number of nitrogens with zero attached hydrogens (tertiary/aromatic N) is 4. The summed E-state index contributed by atoms with van der Waals surface area (Å²) in [5.41, 5.74) is 0.193. The SMILES string of the molecule is CN=C(NCc1nc(-c2ccco2)n[nH]1)NCC1(N2CCOCC2)CCCCC1.I. The van der Waals surface area contributed by atoms with Crippen molar-refractivity contribution in [1.82, 2.24) is 30.7 Å². The summed E-state index contributed by atoms with van der Waals surface area (Å²) in [6.45, 7) is 5.10. The number of furan rings is 1. The molecule has 2 aromatic heterocycles. The van der Waals surface area contributed by atoms with Crippen LogP contribution in [0.3, 0.4) is 0 Å². The molecule has 2 aromatic rings. The molecule has 0 aromatic carbocycles. The minimum Gasteiger partial charge on any atom is -0.461 e. The van der Waals surface area contributed by atoms with E-state index in [1.807, 2.05) is 12.1 Å². The average Bonchev–Trinajstić information content (AvgIpc) is 3.47. The molecule has 0 amide bonds. The molecule has 1 saturated carbocycles. The van der Waals surface area contributed by atoms with Crippen molar-refractivity contribution in [3.05, 3.63) is 24.2 Å². The molecule has 166 valence electrons. The minimum atomic E-state index is 0. The quantitative estimate of drug-likeness (QED) is 0.300.